The molecule has 128 valence electrons. The topological polar surface area (TPSA) is 47.4 Å². The van der Waals surface area contributed by atoms with Crippen LogP contribution in [0.5, 0.6) is 0 Å². The first-order valence-corrected chi connectivity index (χ1v) is 8.98. The van der Waals surface area contributed by atoms with E-state index < -0.39 is 0 Å². The Morgan fingerprint density at radius 2 is 2.12 bits per heavy atom. The van der Waals surface area contributed by atoms with Crippen LogP contribution in [0.15, 0.2) is 24.3 Å². The Kier molecular flexibility index (Phi) is 4.04. The van der Waals surface area contributed by atoms with E-state index in [9.17, 15) is 4.79 Å². The molecule has 0 N–H and O–H groups in total. The van der Waals surface area contributed by atoms with Crippen molar-refractivity contribution in [3.05, 3.63) is 30.1 Å². The summed E-state index contributed by atoms with van der Waals surface area (Å²) in [6, 6.07) is 8.20. The van der Waals surface area contributed by atoms with Crippen molar-refractivity contribution in [3.63, 3.8) is 0 Å². The van der Waals surface area contributed by atoms with E-state index in [0.29, 0.717) is 5.92 Å². The molecule has 4 rings (SSSR count). The fourth-order valence-corrected chi connectivity index (χ4v) is 3.63. The van der Waals surface area contributed by atoms with E-state index in [4.69, 9.17) is 9.72 Å². The molecule has 2 heterocycles. The molecule has 24 heavy (non-hydrogen) atoms. The molecule has 2 aromatic rings. The van der Waals surface area contributed by atoms with Gasteiger partial charge < -0.3 is 14.2 Å². The molecule has 1 amide bonds. The van der Waals surface area contributed by atoms with Crippen LogP contribution in [0.1, 0.15) is 44.5 Å². The number of carbonyl (C=O) groups is 1. The van der Waals surface area contributed by atoms with Crippen LogP contribution in [-0.2, 0) is 16.6 Å². The van der Waals surface area contributed by atoms with E-state index in [0.717, 1.165) is 42.9 Å². The van der Waals surface area contributed by atoms with Gasteiger partial charge in [-0.1, -0.05) is 12.1 Å². The third-order valence-electron chi connectivity index (χ3n) is 5.28. The van der Waals surface area contributed by atoms with Gasteiger partial charge in [0, 0.05) is 13.6 Å². The van der Waals surface area contributed by atoms with Crippen molar-refractivity contribution in [2.24, 2.45) is 13.0 Å². The smallest absolute Gasteiger partial charge is 0.252 e. The van der Waals surface area contributed by atoms with Crippen LogP contribution in [-0.4, -0.2) is 39.6 Å². The quantitative estimate of drug-likeness (QED) is 0.848. The van der Waals surface area contributed by atoms with Crippen LogP contribution in [0, 0.1) is 5.92 Å². The monoisotopic (exact) mass is 327 g/mol. The summed E-state index contributed by atoms with van der Waals surface area (Å²) >= 11 is 0. The number of fused-ring (bicyclic) bond motifs is 1. The highest BCUT2D eigenvalue weighted by atomic mass is 16.5. The SMILES string of the molecule is C[C@@H](OCC1CC1)C(=O)N1CCC[C@@H]1c1nc2ccccc2n1C. The lowest BCUT2D eigenvalue weighted by Gasteiger charge is -2.27. The van der Waals surface area contributed by atoms with Gasteiger partial charge >= 0.3 is 0 Å². The predicted molar refractivity (Wildman–Crippen MR) is 92.5 cm³/mol. The summed E-state index contributed by atoms with van der Waals surface area (Å²) in [5, 5.41) is 0. The molecule has 2 atom stereocenters. The Hall–Kier alpha value is -1.88. The minimum absolute atomic E-state index is 0.0573. The van der Waals surface area contributed by atoms with Gasteiger partial charge in [-0.15, -0.1) is 0 Å². The fraction of sp³-hybridized carbons (Fsp3) is 0.579. The fourth-order valence-electron chi connectivity index (χ4n) is 3.63. The van der Waals surface area contributed by atoms with E-state index >= 15 is 0 Å². The molecular formula is C19H25N3O2. The number of ether oxygens (including phenoxy) is 1. The molecule has 2 fully saturated rings. The molecule has 2 aliphatic rings. The van der Waals surface area contributed by atoms with E-state index in [1.807, 2.05) is 37.1 Å². The highest BCUT2D eigenvalue weighted by molar-refractivity contribution is 5.81. The molecule has 0 radical (unpaired) electrons. The van der Waals surface area contributed by atoms with E-state index in [2.05, 4.69) is 10.6 Å². The first-order chi connectivity index (χ1) is 11.6. The number of hydrogen-bond acceptors (Lipinski definition) is 3. The molecular weight excluding hydrogens is 302 g/mol. The maximum absolute atomic E-state index is 12.9. The second-order valence-corrected chi connectivity index (χ2v) is 7.13. The second kappa shape index (κ2) is 6.20. The molecule has 1 aliphatic heterocycles. The maximum Gasteiger partial charge on any atom is 0.252 e. The number of benzene rings is 1. The highest BCUT2D eigenvalue weighted by Crippen LogP contribution is 2.34. The minimum Gasteiger partial charge on any atom is -0.368 e. The Morgan fingerprint density at radius 3 is 2.88 bits per heavy atom. The van der Waals surface area contributed by atoms with Gasteiger partial charge in [-0.3, -0.25) is 4.79 Å². The van der Waals surface area contributed by atoms with Gasteiger partial charge in [0.1, 0.15) is 11.9 Å². The number of aromatic nitrogens is 2. The zero-order chi connectivity index (χ0) is 16.7. The van der Waals surface area contributed by atoms with Crippen molar-refractivity contribution in [2.75, 3.05) is 13.2 Å². The zero-order valence-electron chi connectivity index (χ0n) is 14.4. The average molecular weight is 327 g/mol. The summed E-state index contributed by atoms with van der Waals surface area (Å²) in [5.74, 6) is 1.76. The lowest BCUT2D eigenvalue weighted by molar-refractivity contribution is -0.144. The van der Waals surface area contributed by atoms with Gasteiger partial charge in [0.25, 0.3) is 5.91 Å². The Balaban J connectivity index is 1.54. The summed E-state index contributed by atoms with van der Waals surface area (Å²) in [5.41, 5.74) is 2.11. The molecule has 1 saturated carbocycles. The molecule has 5 heteroatoms. The van der Waals surface area contributed by atoms with Crippen molar-refractivity contribution in [1.82, 2.24) is 14.5 Å². The first kappa shape index (κ1) is 15.6. The molecule has 0 spiro atoms. The number of aryl methyl sites for hydroxylation is 1. The minimum atomic E-state index is -0.360. The van der Waals surface area contributed by atoms with Crippen molar-refractivity contribution in [3.8, 4) is 0 Å². The number of amides is 1. The van der Waals surface area contributed by atoms with Crippen LogP contribution in [0.2, 0.25) is 0 Å². The molecule has 5 nitrogen and oxygen atoms in total. The second-order valence-electron chi connectivity index (χ2n) is 7.13. The predicted octanol–water partition coefficient (Wildman–Crippen LogP) is 3.05. The van der Waals surface area contributed by atoms with Crippen molar-refractivity contribution in [2.45, 2.75) is 44.8 Å². The van der Waals surface area contributed by atoms with Crippen LogP contribution in [0.4, 0.5) is 0 Å². The number of carbonyl (C=O) groups excluding carboxylic acids is 1. The van der Waals surface area contributed by atoms with E-state index in [1.165, 1.54) is 12.8 Å². The first-order valence-electron chi connectivity index (χ1n) is 8.98. The number of para-hydroxylation sites is 2. The summed E-state index contributed by atoms with van der Waals surface area (Å²) in [7, 11) is 2.04. The third kappa shape index (κ3) is 2.81. The van der Waals surface area contributed by atoms with E-state index in [1.54, 1.807) is 0 Å². The Bertz CT molecular complexity index is 750. The van der Waals surface area contributed by atoms with Gasteiger partial charge in [-0.05, 0) is 50.7 Å². The number of hydrogen-bond donors (Lipinski definition) is 0. The summed E-state index contributed by atoms with van der Waals surface area (Å²) in [4.78, 5) is 19.6. The van der Waals surface area contributed by atoms with Crippen LogP contribution >= 0.6 is 0 Å². The normalized spacial score (nSPS) is 22.2. The average Bonchev–Trinajstić information content (AvgIpc) is 3.20. The van der Waals surface area contributed by atoms with Gasteiger partial charge in [0.15, 0.2) is 0 Å². The van der Waals surface area contributed by atoms with Crippen LogP contribution < -0.4 is 0 Å². The van der Waals surface area contributed by atoms with Crippen molar-refractivity contribution >= 4 is 16.9 Å². The third-order valence-corrected chi connectivity index (χ3v) is 5.28. The zero-order valence-corrected chi connectivity index (χ0v) is 14.4. The maximum atomic E-state index is 12.9. The highest BCUT2D eigenvalue weighted by Gasteiger charge is 2.36. The Morgan fingerprint density at radius 1 is 1.33 bits per heavy atom. The lowest BCUT2D eigenvalue weighted by atomic mass is 10.2. The van der Waals surface area contributed by atoms with Crippen LogP contribution in [0.3, 0.4) is 0 Å². The molecule has 1 saturated heterocycles. The van der Waals surface area contributed by atoms with E-state index in [-0.39, 0.29) is 18.1 Å². The number of nitrogens with zero attached hydrogens (tertiary/aromatic N) is 3. The lowest BCUT2D eigenvalue weighted by Crippen LogP contribution is -2.39. The summed E-state index contributed by atoms with van der Waals surface area (Å²) < 4.78 is 7.92. The van der Waals surface area contributed by atoms with Crippen molar-refractivity contribution < 1.29 is 9.53 Å². The molecule has 0 unspecified atom stereocenters. The number of imidazole rings is 1. The van der Waals surface area contributed by atoms with Crippen LogP contribution in [0.25, 0.3) is 11.0 Å². The Labute approximate surface area is 142 Å². The van der Waals surface area contributed by atoms with Gasteiger partial charge in [0.05, 0.1) is 23.7 Å². The summed E-state index contributed by atoms with van der Waals surface area (Å²) in [6.07, 6.45) is 4.12. The van der Waals surface area contributed by atoms with Gasteiger partial charge in [-0.25, -0.2) is 4.98 Å². The summed E-state index contributed by atoms with van der Waals surface area (Å²) in [6.45, 7) is 3.40. The molecule has 1 aromatic heterocycles. The number of rotatable bonds is 5. The largest absolute Gasteiger partial charge is 0.368 e. The van der Waals surface area contributed by atoms with Gasteiger partial charge in [-0.2, -0.15) is 0 Å². The molecule has 1 aliphatic carbocycles. The standard InChI is InChI=1S/C19H25N3O2/c1-13(24-12-14-9-10-14)19(23)22-11-5-8-17(22)18-20-15-6-3-4-7-16(15)21(18)2/h3-4,6-7,13-14,17H,5,8-12H2,1-2H3/t13-,17-/m1/s1. The number of likely N-dealkylation sites (tertiary alicyclic amines) is 1. The molecule has 0 bridgehead atoms. The van der Waals surface area contributed by atoms with Crippen molar-refractivity contribution in [1.29, 1.82) is 0 Å². The molecule has 1 aromatic carbocycles. The van der Waals surface area contributed by atoms with Gasteiger partial charge in [0.2, 0.25) is 0 Å².